The first kappa shape index (κ1) is 22.4. The fraction of sp³-hybridized carbons (Fsp3) is 0.409. The molecule has 3 rings (SSSR count). The Bertz CT molecular complexity index is 895. The Morgan fingerprint density at radius 3 is 2.53 bits per heavy atom. The summed E-state index contributed by atoms with van der Waals surface area (Å²) in [4.78, 5) is 13.3. The van der Waals surface area contributed by atoms with Crippen LogP contribution >= 0.6 is 11.6 Å². The number of piperidine rings is 1. The van der Waals surface area contributed by atoms with Crippen molar-refractivity contribution >= 4 is 17.6 Å². The number of carboxylic acids is 1. The highest BCUT2D eigenvalue weighted by molar-refractivity contribution is 6.30. The molecule has 1 aliphatic rings. The number of alkyl halides is 3. The van der Waals surface area contributed by atoms with Crippen LogP contribution in [0, 0.1) is 5.92 Å². The number of rotatable bonds is 6. The molecule has 1 heterocycles. The minimum atomic E-state index is -4.46. The van der Waals surface area contributed by atoms with Crippen molar-refractivity contribution in [2.75, 3.05) is 19.7 Å². The van der Waals surface area contributed by atoms with Crippen molar-refractivity contribution < 1.29 is 27.8 Å². The van der Waals surface area contributed by atoms with E-state index < -0.39 is 29.7 Å². The van der Waals surface area contributed by atoms with Crippen LogP contribution in [0.4, 0.5) is 13.2 Å². The summed E-state index contributed by atoms with van der Waals surface area (Å²) in [5.41, 5.74) is 0.393. The zero-order valence-electron chi connectivity index (χ0n) is 16.5. The quantitative estimate of drug-likeness (QED) is 0.630. The molecular formula is C22H23ClF3NO3. The van der Waals surface area contributed by atoms with Gasteiger partial charge < -0.3 is 9.84 Å². The first-order valence-electron chi connectivity index (χ1n) is 9.77. The number of hydrogen-bond donors (Lipinski definition) is 1. The minimum Gasteiger partial charge on any atom is -0.494 e. The average Bonchev–Trinajstić information content (AvgIpc) is 2.70. The van der Waals surface area contributed by atoms with Gasteiger partial charge in [-0.15, -0.1) is 0 Å². The first-order valence-corrected chi connectivity index (χ1v) is 10.1. The zero-order chi connectivity index (χ0) is 21.9. The number of likely N-dealkylation sites (tertiary alicyclic amines) is 1. The maximum Gasteiger partial charge on any atom is 0.416 e. The average molecular weight is 442 g/mol. The molecule has 0 spiro atoms. The van der Waals surface area contributed by atoms with Gasteiger partial charge in [-0.25, -0.2) is 0 Å². The molecule has 0 aromatic heterocycles. The van der Waals surface area contributed by atoms with Gasteiger partial charge in [0.25, 0.3) is 0 Å². The van der Waals surface area contributed by atoms with E-state index in [9.17, 15) is 23.1 Å². The van der Waals surface area contributed by atoms with E-state index >= 15 is 0 Å². The lowest BCUT2D eigenvalue weighted by molar-refractivity contribution is -0.143. The molecule has 1 N–H and O–H groups in total. The van der Waals surface area contributed by atoms with Gasteiger partial charge in [-0.1, -0.05) is 23.7 Å². The van der Waals surface area contributed by atoms with Gasteiger partial charge in [-0.2, -0.15) is 13.2 Å². The number of ether oxygens (including phenoxy) is 1. The molecule has 0 bridgehead atoms. The Kier molecular flexibility index (Phi) is 6.93. The Labute approximate surface area is 178 Å². The highest BCUT2D eigenvalue weighted by atomic mass is 35.5. The number of carboxylic acid groups (broad SMARTS) is 1. The van der Waals surface area contributed by atoms with Crippen molar-refractivity contribution in [3.8, 4) is 5.75 Å². The van der Waals surface area contributed by atoms with E-state index in [0.29, 0.717) is 54.4 Å². The van der Waals surface area contributed by atoms with Crippen LogP contribution in [-0.2, 0) is 11.0 Å². The molecular weight excluding hydrogens is 419 g/mol. The van der Waals surface area contributed by atoms with E-state index in [1.807, 2.05) is 11.8 Å². The van der Waals surface area contributed by atoms with E-state index in [1.54, 1.807) is 24.3 Å². The second-order valence-corrected chi connectivity index (χ2v) is 7.73. The maximum absolute atomic E-state index is 13.4. The SMILES string of the molecule is CCOc1ccc(Cl)cc1C(c1cccc(C(F)(F)F)c1)N1CCC(C(=O)O)CC1. The van der Waals surface area contributed by atoms with Crippen LogP contribution in [0.25, 0.3) is 0 Å². The van der Waals surface area contributed by atoms with Crippen LogP contribution < -0.4 is 4.74 Å². The fourth-order valence-corrected chi connectivity index (χ4v) is 4.08. The summed E-state index contributed by atoms with van der Waals surface area (Å²) in [6.07, 6.45) is -3.61. The Hall–Kier alpha value is -2.25. The summed E-state index contributed by atoms with van der Waals surface area (Å²) < 4.78 is 45.8. The topological polar surface area (TPSA) is 49.8 Å². The first-order chi connectivity index (χ1) is 14.2. The molecule has 162 valence electrons. The molecule has 8 heteroatoms. The van der Waals surface area contributed by atoms with E-state index in [1.165, 1.54) is 6.07 Å². The van der Waals surface area contributed by atoms with E-state index in [2.05, 4.69) is 0 Å². The smallest absolute Gasteiger partial charge is 0.416 e. The summed E-state index contributed by atoms with van der Waals surface area (Å²) >= 11 is 6.22. The van der Waals surface area contributed by atoms with Gasteiger partial charge in [0.15, 0.2) is 0 Å². The molecule has 1 unspecified atom stereocenters. The molecule has 1 atom stereocenters. The highest BCUT2D eigenvalue weighted by Gasteiger charge is 2.34. The summed E-state index contributed by atoms with van der Waals surface area (Å²) in [6.45, 7) is 3.10. The van der Waals surface area contributed by atoms with Crippen molar-refractivity contribution in [2.24, 2.45) is 5.92 Å². The van der Waals surface area contributed by atoms with Crippen LogP contribution in [0.3, 0.4) is 0 Å². The number of benzene rings is 2. The standard InChI is InChI=1S/C22H23ClF3NO3/c1-2-30-19-7-6-17(23)13-18(19)20(27-10-8-14(9-11-27)21(28)29)15-4-3-5-16(12-15)22(24,25)26/h3-7,12-14,20H,2,8-11H2,1H3,(H,28,29). The molecule has 0 amide bonds. The molecule has 1 saturated heterocycles. The van der Waals surface area contributed by atoms with Crippen LogP contribution in [0.2, 0.25) is 5.02 Å². The van der Waals surface area contributed by atoms with Gasteiger partial charge in [-0.05, 0) is 68.8 Å². The van der Waals surface area contributed by atoms with Crippen LogP contribution in [-0.4, -0.2) is 35.7 Å². The number of carbonyl (C=O) groups is 1. The van der Waals surface area contributed by atoms with Crippen molar-refractivity contribution in [2.45, 2.75) is 32.0 Å². The zero-order valence-corrected chi connectivity index (χ0v) is 17.2. The Balaban J connectivity index is 2.07. The molecule has 30 heavy (non-hydrogen) atoms. The Morgan fingerprint density at radius 2 is 1.93 bits per heavy atom. The minimum absolute atomic E-state index is 0.394. The number of hydrogen-bond acceptors (Lipinski definition) is 3. The number of aliphatic carboxylic acids is 1. The second-order valence-electron chi connectivity index (χ2n) is 7.29. The summed E-state index contributed by atoms with van der Waals surface area (Å²) in [7, 11) is 0. The third kappa shape index (κ3) is 5.08. The van der Waals surface area contributed by atoms with Crippen molar-refractivity contribution in [3.05, 3.63) is 64.2 Å². The van der Waals surface area contributed by atoms with Crippen molar-refractivity contribution in [3.63, 3.8) is 0 Å². The third-order valence-electron chi connectivity index (χ3n) is 5.34. The Morgan fingerprint density at radius 1 is 1.23 bits per heavy atom. The lowest BCUT2D eigenvalue weighted by atomic mass is 9.90. The normalized spacial score (nSPS) is 17.0. The van der Waals surface area contributed by atoms with Gasteiger partial charge in [0.1, 0.15) is 5.75 Å². The summed E-state index contributed by atoms with van der Waals surface area (Å²) in [5.74, 6) is -0.748. The predicted octanol–water partition coefficient (Wildman–Crippen LogP) is 5.64. The molecule has 2 aromatic rings. The fourth-order valence-electron chi connectivity index (χ4n) is 3.90. The predicted molar refractivity (Wildman–Crippen MR) is 108 cm³/mol. The molecule has 1 fully saturated rings. The van der Waals surface area contributed by atoms with Crippen molar-refractivity contribution in [1.29, 1.82) is 0 Å². The molecule has 0 radical (unpaired) electrons. The highest BCUT2D eigenvalue weighted by Crippen LogP contribution is 2.40. The van der Waals surface area contributed by atoms with E-state index in [4.69, 9.17) is 16.3 Å². The summed E-state index contributed by atoms with van der Waals surface area (Å²) in [5, 5.41) is 9.74. The third-order valence-corrected chi connectivity index (χ3v) is 5.57. The number of halogens is 4. The maximum atomic E-state index is 13.4. The van der Waals surface area contributed by atoms with Crippen molar-refractivity contribution in [1.82, 2.24) is 4.90 Å². The lowest BCUT2D eigenvalue weighted by Crippen LogP contribution is -2.39. The monoisotopic (exact) mass is 441 g/mol. The largest absolute Gasteiger partial charge is 0.494 e. The van der Waals surface area contributed by atoms with Gasteiger partial charge in [0.2, 0.25) is 0 Å². The van der Waals surface area contributed by atoms with Gasteiger partial charge >= 0.3 is 12.1 Å². The lowest BCUT2D eigenvalue weighted by Gasteiger charge is -2.38. The molecule has 0 aliphatic carbocycles. The second kappa shape index (κ2) is 9.27. The van der Waals surface area contributed by atoms with Gasteiger partial charge in [0.05, 0.1) is 24.1 Å². The molecule has 0 saturated carbocycles. The summed E-state index contributed by atoms with van der Waals surface area (Å²) in [6, 6.07) is 9.79. The van der Waals surface area contributed by atoms with E-state index in [-0.39, 0.29) is 0 Å². The van der Waals surface area contributed by atoms with Crippen LogP contribution in [0.15, 0.2) is 42.5 Å². The van der Waals surface area contributed by atoms with E-state index in [0.717, 1.165) is 12.1 Å². The van der Waals surface area contributed by atoms with Crippen LogP contribution in [0.1, 0.15) is 42.5 Å². The molecule has 1 aliphatic heterocycles. The van der Waals surface area contributed by atoms with Crippen LogP contribution in [0.5, 0.6) is 5.75 Å². The van der Waals surface area contributed by atoms with Gasteiger partial charge in [0, 0.05) is 10.6 Å². The number of nitrogens with zero attached hydrogens (tertiary/aromatic N) is 1. The van der Waals surface area contributed by atoms with Gasteiger partial charge in [-0.3, -0.25) is 9.69 Å². The molecule has 2 aromatic carbocycles. The molecule has 4 nitrogen and oxygen atoms in total.